The molecule has 2 aromatic carbocycles. The molecule has 0 spiro atoms. The van der Waals surface area contributed by atoms with Gasteiger partial charge in [0.15, 0.2) is 5.82 Å². The van der Waals surface area contributed by atoms with Gasteiger partial charge in [0.05, 0.1) is 18.4 Å². The second kappa shape index (κ2) is 8.60. The number of hydrogen-bond acceptors (Lipinski definition) is 4. The van der Waals surface area contributed by atoms with Crippen molar-refractivity contribution in [2.75, 3.05) is 20.2 Å². The van der Waals surface area contributed by atoms with Crippen LogP contribution in [0.1, 0.15) is 11.1 Å². The Bertz CT molecular complexity index is 959. The zero-order valence-corrected chi connectivity index (χ0v) is 15.8. The van der Waals surface area contributed by atoms with Gasteiger partial charge in [-0.05, 0) is 31.7 Å². The molecule has 3 aromatic rings. The van der Waals surface area contributed by atoms with Gasteiger partial charge in [0.2, 0.25) is 0 Å². The van der Waals surface area contributed by atoms with Gasteiger partial charge in [0.1, 0.15) is 11.5 Å². The van der Waals surface area contributed by atoms with Gasteiger partial charge in [-0.2, -0.15) is 5.10 Å². The first-order chi connectivity index (χ1) is 13.4. The molecule has 148 valence electrons. The maximum absolute atomic E-state index is 14.3. The first-order valence-electron chi connectivity index (χ1n) is 8.96. The van der Waals surface area contributed by atoms with E-state index in [0.717, 1.165) is 22.8 Å². The molecule has 7 heteroatoms. The Labute approximate surface area is 162 Å². The summed E-state index contributed by atoms with van der Waals surface area (Å²) in [6, 6.07) is 11.1. The molecule has 0 radical (unpaired) electrons. The minimum absolute atomic E-state index is 0.153. The van der Waals surface area contributed by atoms with Gasteiger partial charge in [-0.3, -0.25) is 4.90 Å². The Morgan fingerprint density at radius 2 is 1.93 bits per heavy atom. The molecule has 5 nitrogen and oxygen atoms in total. The quantitative estimate of drug-likeness (QED) is 0.655. The average Bonchev–Trinajstić information content (AvgIpc) is 3.04. The third-order valence-corrected chi connectivity index (χ3v) is 4.52. The van der Waals surface area contributed by atoms with Crippen molar-refractivity contribution in [1.29, 1.82) is 0 Å². The molecule has 0 saturated carbocycles. The SMILES string of the molecule is Cc1ccccc1-c1nn(-c2ccc(F)cc2F)cc1CN(C)C[C@@H](O)CO. The Morgan fingerprint density at radius 3 is 2.61 bits per heavy atom. The van der Waals surface area contributed by atoms with E-state index in [-0.39, 0.29) is 18.8 Å². The summed E-state index contributed by atoms with van der Waals surface area (Å²) in [4.78, 5) is 1.85. The van der Waals surface area contributed by atoms with E-state index in [0.29, 0.717) is 12.2 Å². The van der Waals surface area contributed by atoms with Crippen LogP contribution >= 0.6 is 0 Å². The molecule has 0 amide bonds. The summed E-state index contributed by atoms with van der Waals surface area (Å²) >= 11 is 0. The number of rotatable bonds is 7. The topological polar surface area (TPSA) is 61.5 Å². The van der Waals surface area contributed by atoms with Crippen LogP contribution in [0.3, 0.4) is 0 Å². The predicted octanol–water partition coefficient (Wildman–Crippen LogP) is 2.91. The summed E-state index contributed by atoms with van der Waals surface area (Å²) in [6.07, 6.45) is 0.858. The van der Waals surface area contributed by atoms with Crippen LogP contribution < -0.4 is 0 Å². The van der Waals surface area contributed by atoms with E-state index in [1.165, 1.54) is 16.8 Å². The van der Waals surface area contributed by atoms with E-state index < -0.39 is 17.7 Å². The lowest BCUT2D eigenvalue weighted by Gasteiger charge is -2.19. The molecule has 28 heavy (non-hydrogen) atoms. The summed E-state index contributed by atoms with van der Waals surface area (Å²) in [5.74, 6) is -1.35. The standard InChI is InChI=1S/C21H23F2N3O2/c1-14-5-3-4-6-18(14)21-15(10-25(2)12-17(28)13-27)11-26(24-21)20-8-7-16(22)9-19(20)23/h3-9,11,17,27-28H,10,12-13H2,1-2H3/t17-/m1/s1. The van der Waals surface area contributed by atoms with Gasteiger partial charge >= 0.3 is 0 Å². The van der Waals surface area contributed by atoms with Crippen LogP contribution in [0.25, 0.3) is 16.9 Å². The molecule has 1 atom stereocenters. The number of aryl methyl sites for hydroxylation is 1. The van der Waals surface area contributed by atoms with Gasteiger partial charge in [0.25, 0.3) is 0 Å². The van der Waals surface area contributed by atoms with Gasteiger partial charge in [-0.15, -0.1) is 0 Å². The second-order valence-electron chi connectivity index (χ2n) is 6.89. The monoisotopic (exact) mass is 387 g/mol. The number of aliphatic hydroxyl groups excluding tert-OH is 2. The Balaban J connectivity index is 2.03. The third-order valence-electron chi connectivity index (χ3n) is 4.52. The van der Waals surface area contributed by atoms with Crippen molar-refractivity contribution >= 4 is 0 Å². The lowest BCUT2D eigenvalue weighted by molar-refractivity contribution is 0.0648. The van der Waals surface area contributed by atoms with Crippen molar-refractivity contribution in [2.45, 2.75) is 19.6 Å². The third kappa shape index (κ3) is 4.44. The molecule has 0 saturated heterocycles. The Hall–Kier alpha value is -2.61. The molecule has 3 rings (SSSR count). The van der Waals surface area contributed by atoms with Gasteiger partial charge in [0, 0.05) is 36.5 Å². The van der Waals surface area contributed by atoms with Crippen LogP contribution in [0.2, 0.25) is 0 Å². The van der Waals surface area contributed by atoms with E-state index in [1.807, 2.05) is 43.1 Å². The summed E-state index contributed by atoms with van der Waals surface area (Å²) in [5.41, 5.74) is 3.60. The lowest BCUT2D eigenvalue weighted by Crippen LogP contribution is -2.31. The molecule has 1 heterocycles. The number of hydrogen-bond donors (Lipinski definition) is 2. The molecule has 2 N–H and O–H groups in total. The van der Waals surface area contributed by atoms with Crippen LogP contribution in [-0.2, 0) is 6.54 Å². The fourth-order valence-electron chi connectivity index (χ4n) is 3.15. The minimum Gasteiger partial charge on any atom is -0.394 e. The zero-order valence-electron chi connectivity index (χ0n) is 15.8. The highest BCUT2D eigenvalue weighted by Crippen LogP contribution is 2.28. The Morgan fingerprint density at radius 1 is 1.18 bits per heavy atom. The van der Waals surface area contributed by atoms with Crippen molar-refractivity contribution in [3.63, 3.8) is 0 Å². The van der Waals surface area contributed by atoms with Crippen molar-refractivity contribution in [3.05, 3.63) is 71.4 Å². The number of halogens is 2. The lowest BCUT2D eigenvalue weighted by atomic mass is 10.0. The number of benzene rings is 2. The highest BCUT2D eigenvalue weighted by Gasteiger charge is 2.18. The highest BCUT2D eigenvalue weighted by molar-refractivity contribution is 5.66. The van der Waals surface area contributed by atoms with Crippen LogP contribution in [-0.4, -0.2) is 51.2 Å². The number of likely N-dealkylation sites (N-methyl/N-ethyl adjacent to an activating group) is 1. The summed E-state index contributed by atoms with van der Waals surface area (Å²) in [6.45, 7) is 2.36. The van der Waals surface area contributed by atoms with Crippen molar-refractivity contribution in [2.24, 2.45) is 0 Å². The molecule has 0 fully saturated rings. The molecular weight excluding hydrogens is 364 g/mol. The molecule has 0 aliphatic rings. The fraction of sp³-hybridized carbons (Fsp3) is 0.286. The number of aromatic nitrogens is 2. The van der Waals surface area contributed by atoms with E-state index in [4.69, 9.17) is 5.11 Å². The zero-order chi connectivity index (χ0) is 20.3. The minimum atomic E-state index is -0.850. The van der Waals surface area contributed by atoms with Gasteiger partial charge < -0.3 is 10.2 Å². The van der Waals surface area contributed by atoms with Crippen LogP contribution in [0, 0.1) is 18.6 Å². The smallest absolute Gasteiger partial charge is 0.151 e. The molecular formula is C21H23F2N3O2. The molecule has 0 aliphatic heterocycles. The van der Waals surface area contributed by atoms with E-state index in [2.05, 4.69) is 5.10 Å². The fourth-order valence-corrected chi connectivity index (χ4v) is 3.15. The van der Waals surface area contributed by atoms with Crippen LogP contribution in [0.4, 0.5) is 8.78 Å². The van der Waals surface area contributed by atoms with E-state index in [1.54, 1.807) is 6.20 Å². The summed E-state index contributed by atoms with van der Waals surface area (Å²) < 4.78 is 28.9. The van der Waals surface area contributed by atoms with Crippen molar-refractivity contribution < 1.29 is 19.0 Å². The van der Waals surface area contributed by atoms with E-state index in [9.17, 15) is 13.9 Å². The first kappa shape index (κ1) is 20.1. The highest BCUT2D eigenvalue weighted by atomic mass is 19.1. The van der Waals surface area contributed by atoms with Gasteiger partial charge in [-0.1, -0.05) is 24.3 Å². The second-order valence-corrected chi connectivity index (χ2v) is 6.89. The molecule has 0 bridgehead atoms. The number of nitrogens with zero attached hydrogens (tertiary/aromatic N) is 3. The normalized spacial score (nSPS) is 12.5. The molecule has 0 unspecified atom stereocenters. The maximum Gasteiger partial charge on any atom is 0.151 e. The average molecular weight is 387 g/mol. The van der Waals surface area contributed by atoms with Crippen molar-refractivity contribution in [3.8, 4) is 16.9 Å². The van der Waals surface area contributed by atoms with E-state index >= 15 is 0 Å². The van der Waals surface area contributed by atoms with Crippen LogP contribution in [0.5, 0.6) is 0 Å². The molecule has 1 aromatic heterocycles. The summed E-state index contributed by atoms with van der Waals surface area (Å²) in [5, 5.41) is 23.3. The van der Waals surface area contributed by atoms with Crippen molar-refractivity contribution in [1.82, 2.24) is 14.7 Å². The Kier molecular flexibility index (Phi) is 6.18. The summed E-state index contributed by atoms with van der Waals surface area (Å²) in [7, 11) is 1.82. The van der Waals surface area contributed by atoms with Crippen LogP contribution in [0.15, 0.2) is 48.7 Å². The number of aliphatic hydroxyl groups is 2. The largest absolute Gasteiger partial charge is 0.394 e. The predicted molar refractivity (Wildman–Crippen MR) is 103 cm³/mol. The van der Waals surface area contributed by atoms with Gasteiger partial charge in [-0.25, -0.2) is 13.5 Å². The maximum atomic E-state index is 14.3. The first-order valence-corrected chi connectivity index (χ1v) is 8.96. The molecule has 0 aliphatic carbocycles.